The smallest absolute Gasteiger partial charge is 0.224 e. The molecule has 0 aliphatic carbocycles. The molecule has 2 N–H and O–H groups in total. The Kier molecular flexibility index (Phi) is 3.87. The number of nitrogens with zero attached hydrogens (tertiary/aromatic N) is 2. The van der Waals surface area contributed by atoms with E-state index in [1.807, 2.05) is 19.2 Å². The van der Waals surface area contributed by atoms with E-state index >= 15 is 0 Å². The van der Waals surface area contributed by atoms with Crippen LogP contribution in [0.5, 0.6) is 0 Å². The van der Waals surface area contributed by atoms with Gasteiger partial charge < -0.3 is 15.5 Å². The van der Waals surface area contributed by atoms with Crippen molar-refractivity contribution >= 4 is 17.4 Å². The Labute approximate surface area is 119 Å². The van der Waals surface area contributed by atoms with Crippen molar-refractivity contribution in [2.45, 2.75) is 38.6 Å². The van der Waals surface area contributed by atoms with E-state index in [1.165, 1.54) is 5.56 Å². The number of piperazine rings is 1. The highest BCUT2D eigenvalue weighted by Gasteiger charge is 2.30. The molecule has 108 valence electrons. The highest BCUT2D eigenvalue weighted by molar-refractivity contribution is 5.92. The topological polar surface area (TPSA) is 57.3 Å². The quantitative estimate of drug-likeness (QED) is 0.878. The summed E-state index contributed by atoms with van der Waals surface area (Å²) in [5, 5.41) is 6.48. The number of hydrogen-bond acceptors (Lipinski definition) is 4. The average molecular weight is 274 g/mol. The highest BCUT2D eigenvalue weighted by atomic mass is 16.1. The zero-order chi connectivity index (χ0) is 13.9. The number of nitrogens with one attached hydrogen (secondary N) is 2. The van der Waals surface area contributed by atoms with Gasteiger partial charge in [-0.25, -0.2) is 4.98 Å². The Balaban J connectivity index is 1.86. The summed E-state index contributed by atoms with van der Waals surface area (Å²) in [7, 11) is 0. The minimum atomic E-state index is 0.100. The fourth-order valence-corrected chi connectivity index (χ4v) is 3.14. The van der Waals surface area contributed by atoms with E-state index in [2.05, 4.69) is 20.5 Å². The minimum Gasteiger partial charge on any atom is -0.351 e. The van der Waals surface area contributed by atoms with Gasteiger partial charge in [0.1, 0.15) is 5.82 Å². The van der Waals surface area contributed by atoms with E-state index in [9.17, 15) is 4.79 Å². The van der Waals surface area contributed by atoms with Crippen LogP contribution in [-0.4, -0.2) is 36.6 Å². The Morgan fingerprint density at radius 1 is 1.60 bits per heavy atom. The van der Waals surface area contributed by atoms with Crippen LogP contribution in [0, 0.1) is 0 Å². The number of pyridine rings is 1. The maximum atomic E-state index is 11.8. The summed E-state index contributed by atoms with van der Waals surface area (Å²) in [6, 6.07) is 2.47. The van der Waals surface area contributed by atoms with Crippen molar-refractivity contribution in [3.8, 4) is 0 Å². The van der Waals surface area contributed by atoms with E-state index in [1.54, 1.807) is 0 Å². The molecule has 0 saturated carbocycles. The molecule has 5 heteroatoms. The van der Waals surface area contributed by atoms with Crippen LogP contribution in [0.25, 0.3) is 0 Å². The standard InChI is InChI=1S/C15H22N4O/c1-2-3-14(20)18-13-6-7-17-15-12(13)5-4-11-10-16-8-9-19(11)15/h6-7,11,16H,2-5,8-10H2,1H3,(H,17,18,20). The first-order chi connectivity index (χ1) is 9.79. The Bertz CT molecular complexity index is 503. The van der Waals surface area contributed by atoms with Crippen molar-refractivity contribution in [1.82, 2.24) is 10.3 Å². The van der Waals surface area contributed by atoms with Crippen molar-refractivity contribution in [1.29, 1.82) is 0 Å². The summed E-state index contributed by atoms with van der Waals surface area (Å²) in [6.07, 6.45) is 5.38. The molecule has 3 rings (SSSR count). The van der Waals surface area contributed by atoms with Crippen LogP contribution in [0.2, 0.25) is 0 Å². The maximum absolute atomic E-state index is 11.8. The number of carbonyl (C=O) groups excluding carboxylic acids is 1. The van der Waals surface area contributed by atoms with Gasteiger partial charge >= 0.3 is 0 Å². The van der Waals surface area contributed by atoms with Gasteiger partial charge in [-0.05, 0) is 25.3 Å². The first-order valence-electron chi connectivity index (χ1n) is 7.54. The van der Waals surface area contributed by atoms with Gasteiger partial charge in [-0.15, -0.1) is 0 Å². The lowest BCUT2D eigenvalue weighted by atomic mass is 9.96. The molecule has 0 radical (unpaired) electrons. The fraction of sp³-hybridized carbons (Fsp3) is 0.600. The second kappa shape index (κ2) is 5.79. The molecule has 20 heavy (non-hydrogen) atoms. The van der Waals surface area contributed by atoms with E-state index in [0.29, 0.717) is 12.5 Å². The maximum Gasteiger partial charge on any atom is 0.224 e. The summed E-state index contributed by atoms with van der Waals surface area (Å²) >= 11 is 0. The zero-order valence-electron chi connectivity index (χ0n) is 12.0. The monoisotopic (exact) mass is 274 g/mol. The van der Waals surface area contributed by atoms with Crippen LogP contribution in [-0.2, 0) is 11.2 Å². The molecule has 1 atom stereocenters. The zero-order valence-corrected chi connectivity index (χ0v) is 12.0. The fourth-order valence-electron chi connectivity index (χ4n) is 3.14. The van der Waals surface area contributed by atoms with Gasteiger partial charge in [-0.1, -0.05) is 6.92 Å². The van der Waals surface area contributed by atoms with E-state index in [-0.39, 0.29) is 5.91 Å². The number of rotatable bonds is 3. The molecular formula is C15H22N4O. The molecule has 1 fully saturated rings. The van der Waals surface area contributed by atoms with Crippen molar-refractivity contribution < 1.29 is 4.79 Å². The largest absolute Gasteiger partial charge is 0.351 e. The molecule has 1 aromatic heterocycles. The molecular weight excluding hydrogens is 252 g/mol. The highest BCUT2D eigenvalue weighted by Crippen LogP contribution is 2.34. The van der Waals surface area contributed by atoms with Crippen LogP contribution in [0.3, 0.4) is 0 Å². The van der Waals surface area contributed by atoms with Gasteiger partial charge in [0.05, 0.1) is 0 Å². The SMILES string of the molecule is CCCC(=O)Nc1ccnc2c1CCC1CNCCN21. The second-order valence-electron chi connectivity index (χ2n) is 5.55. The predicted molar refractivity (Wildman–Crippen MR) is 80.1 cm³/mol. The summed E-state index contributed by atoms with van der Waals surface area (Å²) in [5.74, 6) is 1.17. The third-order valence-electron chi connectivity index (χ3n) is 4.13. The van der Waals surface area contributed by atoms with Gasteiger partial charge in [0, 0.05) is 49.5 Å². The average Bonchev–Trinajstić information content (AvgIpc) is 2.47. The van der Waals surface area contributed by atoms with Crippen molar-refractivity contribution in [3.05, 3.63) is 17.8 Å². The number of fused-ring (bicyclic) bond motifs is 3. The Morgan fingerprint density at radius 2 is 2.50 bits per heavy atom. The van der Waals surface area contributed by atoms with Crippen LogP contribution in [0.15, 0.2) is 12.3 Å². The number of anilines is 2. The van der Waals surface area contributed by atoms with Gasteiger partial charge in [0.25, 0.3) is 0 Å². The lowest BCUT2D eigenvalue weighted by molar-refractivity contribution is -0.116. The van der Waals surface area contributed by atoms with Crippen LogP contribution in [0.1, 0.15) is 31.7 Å². The van der Waals surface area contributed by atoms with Gasteiger partial charge in [-0.3, -0.25) is 4.79 Å². The molecule has 0 aromatic carbocycles. The third kappa shape index (κ3) is 2.50. The van der Waals surface area contributed by atoms with Crippen LogP contribution >= 0.6 is 0 Å². The molecule has 1 aromatic rings. The summed E-state index contributed by atoms with van der Waals surface area (Å²) in [6.45, 7) is 5.06. The molecule has 5 nitrogen and oxygen atoms in total. The molecule has 1 unspecified atom stereocenters. The van der Waals surface area contributed by atoms with Crippen LogP contribution < -0.4 is 15.5 Å². The molecule has 0 spiro atoms. The second-order valence-corrected chi connectivity index (χ2v) is 5.55. The normalized spacial score (nSPS) is 21.1. The lowest BCUT2D eigenvalue weighted by Crippen LogP contribution is -2.53. The summed E-state index contributed by atoms with van der Waals surface area (Å²) in [5.41, 5.74) is 2.15. The van der Waals surface area contributed by atoms with Crippen LogP contribution in [0.4, 0.5) is 11.5 Å². The number of aromatic nitrogens is 1. The summed E-state index contributed by atoms with van der Waals surface area (Å²) < 4.78 is 0. The van der Waals surface area contributed by atoms with Crippen molar-refractivity contribution in [2.24, 2.45) is 0 Å². The first-order valence-corrected chi connectivity index (χ1v) is 7.54. The Morgan fingerprint density at radius 3 is 3.35 bits per heavy atom. The molecule has 3 heterocycles. The molecule has 2 aliphatic heterocycles. The van der Waals surface area contributed by atoms with E-state index in [0.717, 1.165) is 50.4 Å². The third-order valence-corrected chi connectivity index (χ3v) is 4.13. The molecule has 2 aliphatic rings. The predicted octanol–water partition coefficient (Wildman–Crippen LogP) is 1.54. The summed E-state index contributed by atoms with van der Waals surface area (Å²) in [4.78, 5) is 18.8. The number of hydrogen-bond donors (Lipinski definition) is 2. The van der Waals surface area contributed by atoms with Crippen molar-refractivity contribution in [2.75, 3.05) is 29.9 Å². The van der Waals surface area contributed by atoms with Gasteiger partial charge in [-0.2, -0.15) is 0 Å². The molecule has 1 saturated heterocycles. The number of carbonyl (C=O) groups is 1. The molecule has 0 bridgehead atoms. The minimum absolute atomic E-state index is 0.100. The lowest BCUT2D eigenvalue weighted by Gasteiger charge is -2.41. The Hall–Kier alpha value is -1.62. The van der Waals surface area contributed by atoms with Crippen molar-refractivity contribution in [3.63, 3.8) is 0 Å². The first kappa shape index (κ1) is 13.4. The van der Waals surface area contributed by atoms with Gasteiger partial charge in [0.15, 0.2) is 0 Å². The molecule has 1 amide bonds. The van der Waals surface area contributed by atoms with E-state index < -0.39 is 0 Å². The number of amides is 1. The van der Waals surface area contributed by atoms with E-state index in [4.69, 9.17) is 0 Å². The van der Waals surface area contributed by atoms with Gasteiger partial charge in [0.2, 0.25) is 5.91 Å².